The Morgan fingerprint density at radius 3 is 2.70 bits per heavy atom. The van der Waals surface area contributed by atoms with Crippen LogP contribution in [0.5, 0.6) is 0 Å². The van der Waals surface area contributed by atoms with Crippen LogP contribution < -0.4 is 5.73 Å². The minimum absolute atomic E-state index is 0.0128. The number of carbonyl (C=O) groups is 3. The van der Waals surface area contributed by atoms with E-state index in [9.17, 15) is 14.4 Å². The molecule has 0 bridgehead atoms. The molecule has 2 aromatic carbocycles. The maximum Gasteiger partial charge on any atom is 0.307 e. The number of Topliss-reactive ketones (excluding diaryl/α,β-unsaturated/α-hetero) is 1. The summed E-state index contributed by atoms with van der Waals surface area (Å²) in [4.78, 5) is 36.3. The minimum Gasteiger partial charge on any atom is -0.481 e. The summed E-state index contributed by atoms with van der Waals surface area (Å²) in [7, 11) is 0. The molecular formula is C28H31NO4. The van der Waals surface area contributed by atoms with E-state index in [4.69, 9.17) is 10.8 Å². The molecule has 0 radical (unpaired) electrons. The first kappa shape index (κ1) is 21.9. The van der Waals surface area contributed by atoms with E-state index in [1.165, 1.54) is 11.1 Å². The largest absolute Gasteiger partial charge is 0.481 e. The Kier molecular flexibility index (Phi) is 5.38. The minimum atomic E-state index is -0.797. The molecular weight excluding hydrogens is 414 g/mol. The number of hydrogen-bond donors (Lipinski definition) is 2. The lowest BCUT2D eigenvalue weighted by molar-refractivity contribution is -0.136. The average molecular weight is 446 g/mol. The lowest BCUT2D eigenvalue weighted by Crippen LogP contribution is -2.42. The number of ketones is 1. The molecule has 2 aromatic rings. The van der Waals surface area contributed by atoms with Crippen LogP contribution in [-0.2, 0) is 28.9 Å². The van der Waals surface area contributed by atoms with Crippen LogP contribution in [0.4, 0.5) is 0 Å². The van der Waals surface area contributed by atoms with Crippen LogP contribution >= 0.6 is 0 Å². The second kappa shape index (κ2) is 8.12. The van der Waals surface area contributed by atoms with E-state index in [1.54, 1.807) is 6.07 Å². The molecule has 5 heteroatoms. The van der Waals surface area contributed by atoms with Crippen molar-refractivity contribution in [3.8, 4) is 0 Å². The monoisotopic (exact) mass is 445 g/mol. The maximum atomic E-state index is 13.6. The predicted octanol–water partition coefficient (Wildman–Crippen LogP) is 4.31. The number of rotatable bonds is 5. The second-order valence-electron chi connectivity index (χ2n) is 10.5. The molecule has 0 aliphatic heterocycles. The van der Waals surface area contributed by atoms with Gasteiger partial charge in [-0.15, -0.1) is 0 Å². The van der Waals surface area contributed by atoms with Gasteiger partial charge in [-0.2, -0.15) is 0 Å². The third-order valence-electron chi connectivity index (χ3n) is 8.70. The molecule has 0 unspecified atom stereocenters. The summed E-state index contributed by atoms with van der Waals surface area (Å²) in [5, 5.41) is 9.13. The fraction of sp³-hybridized carbons (Fsp3) is 0.464. The zero-order valence-electron chi connectivity index (χ0n) is 19.0. The van der Waals surface area contributed by atoms with Crippen LogP contribution in [0.25, 0.3) is 0 Å². The molecule has 0 spiro atoms. The molecule has 1 amide bonds. The summed E-state index contributed by atoms with van der Waals surface area (Å²) in [6.07, 6.45) is 5.57. The quantitative estimate of drug-likeness (QED) is 0.717. The summed E-state index contributed by atoms with van der Waals surface area (Å²) in [5.41, 5.74) is 10.2. The fourth-order valence-electron chi connectivity index (χ4n) is 7.17. The van der Waals surface area contributed by atoms with E-state index in [0.29, 0.717) is 35.5 Å². The number of carbonyl (C=O) groups excluding carboxylic acids is 2. The third kappa shape index (κ3) is 3.77. The van der Waals surface area contributed by atoms with Crippen LogP contribution in [0.15, 0.2) is 42.5 Å². The van der Waals surface area contributed by atoms with Gasteiger partial charge in [0.05, 0.1) is 6.42 Å². The molecule has 5 nitrogen and oxygen atoms in total. The highest BCUT2D eigenvalue weighted by atomic mass is 16.4. The SMILES string of the molecule is C[C@]12CC[C@@H]3c4ccc(CC(=O)O)cc4CC[C@H]3[C@@H]1C[C@H](Cc1cccc(C(N)=O)c1)C2=O. The summed E-state index contributed by atoms with van der Waals surface area (Å²) in [6, 6.07) is 13.6. The summed E-state index contributed by atoms with van der Waals surface area (Å²) < 4.78 is 0. The Labute approximate surface area is 194 Å². The zero-order chi connectivity index (χ0) is 23.3. The molecule has 3 aliphatic rings. The van der Waals surface area contributed by atoms with Crippen LogP contribution in [-0.4, -0.2) is 22.8 Å². The molecule has 0 heterocycles. The first-order valence-corrected chi connectivity index (χ1v) is 12.0. The van der Waals surface area contributed by atoms with E-state index in [0.717, 1.165) is 43.2 Å². The van der Waals surface area contributed by atoms with E-state index >= 15 is 0 Å². The Bertz CT molecular complexity index is 1140. The van der Waals surface area contributed by atoms with Gasteiger partial charge in [0.2, 0.25) is 5.91 Å². The number of primary amides is 1. The molecule has 33 heavy (non-hydrogen) atoms. The summed E-state index contributed by atoms with van der Waals surface area (Å²) in [5.74, 6) is 0.460. The lowest BCUT2D eigenvalue weighted by atomic mass is 9.55. The maximum absolute atomic E-state index is 13.6. The van der Waals surface area contributed by atoms with Crippen LogP contribution in [0.3, 0.4) is 0 Å². The van der Waals surface area contributed by atoms with Crippen molar-refractivity contribution < 1.29 is 19.5 Å². The zero-order valence-corrected chi connectivity index (χ0v) is 19.0. The summed E-state index contributed by atoms with van der Waals surface area (Å²) in [6.45, 7) is 2.18. The Morgan fingerprint density at radius 2 is 1.94 bits per heavy atom. The van der Waals surface area contributed by atoms with Gasteiger partial charge >= 0.3 is 5.97 Å². The van der Waals surface area contributed by atoms with Crippen molar-refractivity contribution in [3.05, 3.63) is 70.3 Å². The third-order valence-corrected chi connectivity index (χ3v) is 8.70. The summed E-state index contributed by atoms with van der Waals surface area (Å²) >= 11 is 0. The van der Waals surface area contributed by atoms with Gasteiger partial charge < -0.3 is 10.8 Å². The van der Waals surface area contributed by atoms with Crippen LogP contribution in [0, 0.1) is 23.2 Å². The first-order chi connectivity index (χ1) is 15.8. The molecule has 3 aliphatic carbocycles. The molecule has 5 atom stereocenters. The molecule has 5 rings (SSSR count). The molecule has 2 saturated carbocycles. The number of amides is 1. The number of benzene rings is 2. The van der Waals surface area contributed by atoms with Gasteiger partial charge in [0.1, 0.15) is 5.78 Å². The van der Waals surface area contributed by atoms with Gasteiger partial charge in [0.25, 0.3) is 0 Å². The van der Waals surface area contributed by atoms with Crippen LogP contribution in [0.2, 0.25) is 0 Å². The first-order valence-electron chi connectivity index (χ1n) is 12.0. The molecule has 0 saturated heterocycles. The van der Waals surface area contributed by atoms with Gasteiger partial charge in [0, 0.05) is 16.9 Å². The fourth-order valence-corrected chi connectivity index (χ4v) is 7.17. The van der Waals surface area contributed by atoms with Gasteiger partial charge in [-0.05, 0) is 90.7 Å². The number of aliphatic carboxylic acids is 1. The number of nitrogens with two attached hydrogens (primary N) is 1. The Balaban J connectivity index is 1.38. The Morgan fingerprint density at radius 1 is 1.12 bits per heavy atom. The number of aryl methyl sites for hydroxylation is 1. The highest BCUT2D eigenvalue weighted by Crippen LogP contribution is 2.61. The molecule has 172 valence electrons. The molecule has 3 N–H and O–H groups in total. The van der Waals surface area contributed by atoms with Crippen molar-refractivity contribution in [1.29, 1.82) is 0 Å². The smallest absolute Gasteiger partial charge is 0.307 e. The van der Waals surface area contributed by atoms with Gasteiger partial charge in [-0.25, -0.2) is 0 Å². The van der Waals surface area contributed by atoms with E-state index < -0.39 is 11.9 Å². The van der Waals surface area contributed by atoms with Gasteiger partial charge in [0.15, 0.2) is 0 Å². The normalized spacial score (nSPS) is 30.3. The topological polar surface area (TPSA) is 97.5 Å². The van der Waals surface area contributed by atoms with Gasteiger partial charge in [-0.1, -0.05) is 37.3 Å². The van der Waals surface area contributed by atoms with Crippen molar-refractivity contribution in [3.63, 3.8) is 0 Å². The molecule has 0 aromatic heterocycles. The standard InChI is InChI=1S/C28H31NO4/c1-28-10-9-22-21-7-5-17(14-25(30)31)11-18(21)6-8-23(22)24(28)15-20(26(28)32)13-16-3-2-4-19(12-16)27(29)33/h2-5,7,11-12,20,22-24H,6,8-10,13-15H2,1H3,(H2,29,33)(H,30,31)/t20-,22+,23+,24-,28-/m0/s1. The second-order valence-corrected chi connectivity index (χ2v) is 10.5. The number of hydrogen-bond acceptors (Lipinski definition) is 3. The highest BCUT2D eigenvalue weighted by molar-refractivity contribution is 5.93. The molecule has 2 fully saturated rings. The Hall–Kier alpha value is -2.95. The number of carboxylic acids is 1. The van der Waals surface area contributed by atoms with E-state index in [2.05, 4.69) is 19.1 Å². The lowest BCUT2D eigenvalue weighted by Gasteiger charge is -2.48. The van der Waals surface area contributed by atoms with E-state index in [-0.39, 0.29) is 17.8 Å². The van der Waals surface area contributed by atoms with Crippen molar-refractivity contribution in [2.75, 3.05) is 0 Å². The predicted molar refractivity (Wildman–Crippen MR) is 125 cm³/mol. The van der Waals surface area contributed by atoms with E-state index in [1.807, 2.05) is 24.3 Å². The van der Waals surface area contributed by atoms with Crippen molar-refractivity contribution >= 4 is 17.7 Å². The van der Waals surface area contributed by atoms with Gasteiger partial charge in [-0.3, -0.25) is 14.4 Å². The highest BCUT2D eigenvalue weighted by Gasteiger charge is 2.57. The van der Waals surface area contributed by atoms with Crippen molar-refractivity contribution in [2.24, 2.45) is 28.9 Å². The van der Waals surface area contributed by atoms with Crippen molar-refractivity contribution in [1.82, 2.24) is 0 Å². The van der Waals surface area contributed by atoms with Crippen LogP contribution in [0.1, 0.15) is 71.1 Å². The number of carboxylic acid groups (broad SMARTS) is 1. The number of fused-ring (bicyclic) bond motifs is 5. The average Bonchev–Trinajstić information content (AvgIpc) is 3.03. The van der Waals surface area contributed by atoms with Crippen molar-refractivity contribution in [2.45, 2.75) is 57.8 Å².